The topological polar surface area (TPSA) is 15.7 Å². The van der Waals surface area contributed by atoms with Gasteiger partial charge in [0, 0.05) is 24.5 Å². The predicted molar refractivity (Wildman–Crippen MR) is 196 cm³/mol. The van der Waals surface area contributed by atoms with Crippen LogP contribution in [0.3, 0.4) is 0 Å². The van der Waals surface area contributed by atoms with Crippen molar-refractivity contribution in [1.82, 2.24) is 0 Å². The Morgan fingerprint density at radius 3 is 1.38 bits per heavy atom. The lowest BCUT2D eigenvalue weighted by molar-refractivity contribution is 0.569. The van der Waals surface area contributed by atoms with Gasteiger partial charge in [0.15, 0.2) is 8.32 Å². The van der Waals surface area contributed by atoms with Gasteiger partial charge in [-0.25, -0.2) is 0 Å². The summed E-state index contributed by atoms with van der Waals surface area (Å²) in [6, 6.07) is 14.0. The molecule has 0 unspecified atom stereocenters. The van der Waals surface area contributed by atoms with Crippen molar-refractivity contribution in [3.63, 3.8) is 0 Å². The van der Waals surface area contributed by atoms with Gasteiger partial charge in [-0.15, -0.1) is 6.58 Å². The van der Waals surface area contributed by atoms with Gasteiger partial charge in [0.05, 0.1) is 0 Å². The van der Waals surface area contributed by atoms with Gasteiger partial charge in [0.2, 0.25) is 8.32 Å². The molecular formula is C36H59N2OPSi2. The molecule has 0 saturated carbocycles. The zero-order valence-corrected chi connectivity index (χ0v) is 31.9. The summed E-state index contributed by atoms with van der Waals surface area (Å²) in [5, 5.41) is 0. The first-order chi connectivity index (χ1) is 19.4. The highest BCUT2D eigenvalue weighted by Gasteiger charge is 2.45. The van der Waals surface area contributed by atoms with E-state index < -0.39 is 24.6 Å². The van der Waals surface area contributed by atoms with Crippen molar-refractivity contribution in [2.45, 2.75) is 111 Å². The highest BCUT2D eigenvalue weighted by molar-refractivity contribution is 7.66. The van der Waals surface area contributed by atoms with Crippen molar-refractivity contribution in [2.75, 3.05) is 29.6 Å². The lowest BCUT2D eigenvalue weighted by Gasteiger charge is -2.44. The molecule has 1 fully saturated rings. The second-order valence-corrected chi connectivity index (χ2v) is 25.1. The summed E-state index contributed by atoms with van der Waals surface area (Å²) in [5.41, 5.74) is 10.8. The molecule has 1 saturated heterocycles. The van der Waals surface area contributed by atoms with Crippen molar-refractivity contribution in [3.05, 3.63) is 82.4 Å². The summed E-state index contributed by atoms with van der Waals surface area (Å²) in [5.74, 6) is 2.00. The molecule has 3 nitrogen and oxygen atoms in total. The van der Waals surface area contributed by atoms with Crippen LogP contribution < -0.4 is 9.80 Å². The van der Waals surface area contributed by atoms with Gasteiger partial charge in [-0.1, -0.05) is 104 Å². The van der Waals surface area contributed by atoms with E-state index in [1.165, 1.54) is 38.6 Å². The summed E-state index contributed by atoms with van der Waals surface area (Å²) in [6.45, 7) is 41.5. The van der Waals surface area contributed by atoms with Crippen molar-refractivity contribution in [1.29, 1.82) is 0 Å². The average Bonchev–Trinajstić information content (AvgIpc) is 3.34. The van der Waals surface area contributed by atoms with Gasteiger partial charge in [-0.05, 0) is 91.6 Å². The Hall–Kier alpha value is -1.66. The Morgan fingerprint density at radius 1 is 0.762 bits per heavy atom. The van der Waals surface area contributed by atoms with Crippen LogP contribution >= 0.6 is 7.92 Å². The summed E-state index contributed by atoms with van der Waals surface area (Å²) in [6.07, 6.45) is 0. The van der Waals surface area contributed by atoms with Gasteiger partial charge in [-0.3, -0.25) is 0 Å². The summed E-state index contributed by atoms with van der Waals surface area (Å²) in [7, 11) is -4.85. The van der Waals surface area contributed by atoms with Gasteiger partial charge < -0.3 is 13.9 Å². The van der Waals surface area contributed by atoms with Crippen LogP contribution in [-0.2, 0) is 4.12 Å². The third-order valence-corrected chi connectivity index (χ3v) is 20.2. The number of hydrogen-bond acceptors (Lipinski definition) is 3. The molecule has 3 rings (SSSR count). The maximum Gasteiger partial charge on any atom is 0.206 e. The van der Waals surface area contributed by atoms with E-state index in [0.29, 0.717) is 23.7 Å². The summed E-state index contributed by atoms with van der Waals surface area (Å²) in [4.78, 5) is 6.91. The molecule has 0 aliphatic carbocycles. The first-order valence-electron chi connectivity index (χ1n) is 16.0. The van der Waals surface area contributed by atoms with Crippen molar-refractivity contribution >= 4 is 35.9 Å². The van der Waals surface area contributed by atoms with Crippen molar-refractivity contribution in [3.8, 4) is 0 Å². The van der Waals surface area contributed by atoms with Crippen LogP contribution in [0.4, 0.5) is 11.4 Å². The fourth-order valence-electron chi connectivity index (χ4n) is 6.50. The number of benzene rings is 2. The van der Waals surface area contributed by atoms with Crippen LogP contribution in [0.15, 0.2) is 60.2 Å². The van der Waals surface area contributed by atoms with E-state index in [1.54, 1.807) is 0 Å². The Balaban J connectivity index is 2.31. The first kappa shape index (κ1) is 34.8. The normalized spacial score (nSPS) is 15.9. The molecule has 42 heavy (non-hydrogen) atoms. The minimum atomic E-state index is -2.22. The van der Waals surface area contributed by atoms with Crippen molar-refractivity contribution < 1.29 is 4.12 Å². The summed E-state index contributed by atoms with van der Waals surface area (Å²) >= 11 is 0. The van der Waals surface area contributed by atoms with Crippen LogP contribution in [0.25, 0.3) is 0 Å². The molecule has 0 radical (unpaired) electrons. The van der Waals surface area contributed by atoms with Crippen LogP contribution in [0.1, 0.15) is 101 Å². The third kappa shape index (κ3) is 7.17. The molecule has 2 aromatic carbocycles. The van der Waals surface area contributed by atoms with Gasteiger partial charge >= 0.3 is 0 Å². The second kappa shape index (κ2) is 13.5. The van der Waals surface area contributed by atoms with Crippen LogP contribution in [0.5, 0.6) is 0 Å². The fourth-order valence-corrected chi connectivity index (χ4v) is 18.3. The monoisotopic (exact) mass is 622 g/mol. The Labute approximate surface area is 262 Å². The average molecular weight is 623 g/mol. The van der Waals surface area contributed by atoms with E-state index in [4.69, 9.17) is 10.7 Å². The summed E-state index contributed by atoms with van der Waals surface area (Å²) < 4.78 is 6.99. The molecule has 1 aliphatic rings. The third-order valence-electron chi connectivity index (χ3n) is 8.88. The van der Waals surface area contributed by atoms with Gasteiger partial charge in [0.1, 0.15) is 5.91 Å². The lowest BCUT2D eigenvalue weighted by Crippen LogP contribution is -2.47. The predicted octanol–water partition coefficient (Wildman–Crippen LogP) is 11.1. The standard InChI is InChI=1S/C36H59N2OPSi2/c1-16-41(12,13)39-42(14,15)29(10)40(11)36-37(34-30(25(2)3)19-17-20-31(34)26(4)5)23-24-38(36)35-32(27(6)7)21-18-22-33(35)28(8)9/h16-22,25-28,36H,1,10,23-24H2,2-9,11-15H3/t40-/m0/s1. The van der Waals surface area contributed by atoms with Gasteiger partial charge in [-0.2, -0.15) is 0 Å². The first-order valence-corrected chi connectivity index (χ1v) is 23.7. The fraction of sp³-hybridized carbons (Fsp3) is 0.556. The number of hydrogen-bond donors (Lipinski definition) is 0. The highest BCUT2D eigenvalue weighted by Crippen LogP contribution is 2.57. The molecule has 0 N–H and O–H groups in total. The lowest BCUT2D eigenvalue weighted by atomic mass is 9.92. The number of para-hydroxylation sites is 2. The number of rotatable bonds is 12. The Bertz CT molecular complexity index is 1140. The molecule has 1 aliphatic heterocycles. The Morgan fingerprint density at radius 2 is 1.10 bits per heavy atom. The zero-order valence-electron chi connectivity index (χ0n) is 29.0. The van der Waals surface area contributed by atoms with E-state index in [0.717, 1.165) is 13.1 Å². The minimum Gasteiger partial charge on any atom is -0.449 e. The maximum absolute atomic E-state index is 6.99. The van der Waals surface area contributed by atoms with E-state index in [2.05, 4.69) is 147 Å². The van der Waals surface area contributed by atoms with Crippen LogP contribution in [-0.4, -0.2) is 42.3 Å². The molecular weight excluding hydrogens is 564 g/mol. The zero-order chi connectivity index (χ0) is 31.7. The molecule has 1 atom stereocenters. The molecule has 232 valence electrons. The SMILES string of the molecule is C=C[Si](C)(C)O[Si](C)(C)C(=C)[P@](C)C1N(c2c(C(C)C)cccc2C(C)C)CCN1c1c(C(C)C)cccc1C(C)C. The van der Waals surface area contributed by atoms with E-state index in [-0.39, 0.29) is 5.91 Å². The van der Waals surface area contributed by atoms with E-state index in [1.807, 2.05) is 0 Å². The minimum absolute atomic E-state index is 0.214. The van der Waals surface area contributed by atoms with Gasteiger partial charge in [0.25, 0.3) is 0 Å². The van der Waals surface area contributed by atoms with Crippen molar-refractivity contribution in [2.24, 2.45) is 0 Å². The molecule has 6 heteroatoms. The van der Waals surface area contributed by atoms with E-state index in [9.17, 15) is 0 Å². The molecule has 0 bridgehead atoms. The molecule has 0 aromatic heterocycles. The largest absolute Gasteiger partial charge is 0.449 e. The molecule has 0 spiro atoms. The van der Waals surface area contributed by atoms with E-state index >= 15 is 0 Å². The molecule has 1 heterocycles. The Kier molecular flexibility index (Phi) is 11.2. The quantitative estimate of drug-likeness (QED) is 0.173. The van der Waals surface area contributed by atoms with Crippen LogP contribution in [0.2, 0.25) is 26.2 Å². The van der Waals surface area contributed by atoms with Crippen LogP contribution in [0, 0.1) is 0 Å². The number of anilines is 2. The number of nitrogens with zero attached hydrogens (tertiary/aromatic N) is 2. The smallest absolute Gasteiger partial charge is 0.206 e. The maximum atomic E-state index is 6.99. The molecule has 0 amide bonds. The molecule has 2 aromatic rings. The highest BCUT2D eigenvalue weighted by atomic mass is 31.1. The second-order valence-electron chi connectivity index (χ2n) is 14.4.